The molecule has 0 aliphatic carbocycles. The number of nitrogens with zero attached hydrogens (tertiary/aromatic N) is 1. The summed E-state index contributed by atoms with van der Waals surface area (Å²) in [5, 5.41) is 0. The lowest BCUT2D eigenvalue weighted by Crippen LogP contribution is -2.04. The molecular formula is C16H20N2O2. The van der Waals surface area contributed by atoms with Crippen LogP contribution in [-0.4, -0.2) is 18.1 Å². The summed E-state index contributed by atoms with van der Waals surface area (Å²) in [4.78, 5) is 4.36. The Morgan fingerprint density at radius 3 is 2.60 bits per heavy atom. The van der Waals surface area contributed by atoms with E-state index in [0.717, 1.165) is 23.3 Å². The maximum atomic E-state index is 5.86. The highest BCUT2D eigenvalue weighted by Crippen LogP contribution is 2.31. The van der Waals surface area contributed by atoms with Gasteiger partial charge in [-0.1, -0.05) is 12.1 Å². The summed E-state index contributed by atoms with van der Waals surface area (Å²) in [6.07, 6.45) is 2.63. The number of hydrogen-bond acceptors (Lipinski definition) is 4. The van der Waals surface area contributed by atoms with Gasteiger partial charge in [-0.2, -0.15) is 0 Å². The van der Waals surface area contributed by atoms with Crippen LogP contribution >= 0.6 is 0 Å². The van der Waals surface area contributed by atoms with E-state index in [4.69, 9.17) is 15.2 Å². The lowest BCUT2D eigenvalue weighted by atomic mass is 10.1. The Labute approximate surface area is 119 Å². The van der Waals surface area contributed by atoms with Crippen molar-refractivity contribution in [2.45, 2.75) is 20.3 Å². The van der Waals surface area contributed by atoms with Gasteiger partial charge in [0.2, 0.25) is 5.88 Å². The van der Waals surface area contributed by atoms with E-state index in [2.05, 4.69) is 11.1 Å². The van der Waals surface area contributed by atoms with Gasteiger partial charge in [0.25, 0.3) is 0 Å². The van der Waals surface area contributed by atoms with Crippen LogP contribution in [0.2, 0.25) is 0 Å². The standard InChI is InChI=1S/C16H20N2O2/c1-3-19-14-6-4-5-7-15(14)20-16-12(2)10-13(8-9-17)11-18-16/h4-7,10-11H,3,8-9,17H2,1-2H3. The Kier molecular flexibility index (Phi) is 4.96. The van der Waals surface area contributed by atoms with Crippen LogP contribution in [0.5, 0.6) is 17.4 Å². The second-order valence-electron chi connectivity index (χ2n) is 4.49. The normalized spacial score (nSPS) is 10.3. The molecule has 0 unspecified atom stereocenters. The van der Waals surface area contributed by atoms with Crippen LogP contribution < -0.4 is 15.2 Å². The number of aryl methyl sites for hydroxylation is 1. The maximum Gasteiger partial charge on any atom is 0.222 e. The van der Waals surface area contributed by atoms with Gasteiger partial charge in [-0.3, -0.25) is 0 Å². The number of ether oxygens (including phenoxy) is 2. The zero-order valence-electron chi connectivity index (χ0n) is 11.9. The minimum Gasteiger partial charge on any atom is -0.490 e. The molecule has 0 spiro atoms. The van der Waals surface area contributed by atoms with Crippen LogP contribution in [0.15, 0.2) is 36.5 Å². The first-order chi connectivity index (χ1) is 9.74. The van der Waals surface area contributed by atoms with Gasteiger partial charge in [-0.05, 0) is 50.6 Å². The number of aromatic nitrogens is 1. The Bertz CT molecular complexity index is 570. The molecule has 2 rings (SSSR count). The predicted octanol–water partition coefficient (Wildman–Crippen LogP) is 3.08. The van der Waals surface area contributed by atoms with E-state index in [9.17, 15) is 0 Å². The molecule has 0 aliphatic rings. The molecule has 0 bridgehead atoms. The van der Waals surface area contributed by atoms with E-state index in [1.165, 1.54) is 0 Å². The van der Waals surface area contributed by atoms with Crippen molar-refractivity contribution in [3.05, 3.63) is 47.7 Å². The van der Waals surface area contributed by atoms with Crippen molar-refractivity contribution in [2.24, 2.45) is 5.73 Å². The fourth-order valence-electron chi connectivity index (χ4n) is 1.94. The van der Waals surface area contributed by atoms with E-state index < -0.39 is 0 Å². The highest BCUT2D eigenvalue weighted by Gasteiger charge is 2.08. The summed E-state index contributed by atoms with van der Waals surface area (Å²) in [6.45, 7) is 5.14. The number of benzene rings is 1. The smallest absolute Gasteiger partial charge is 0.222 e. The van der Waals surface area contributed by atoms with Crippen molar-refractivity contribution < 1.29 is 9.47 Å². The van der Waals surface area contributed by atoms with Crippen LogP contribution in [0.3, 0.4) is 0 Å². The first-order valence-electron chi connectivity index (χ1n) is 6.80. The molecule has 2 aromatic rings. The van der Waals surface area contributed by atoms with Crippen molar-refractivity contribution >= 4 is 0 Å². The van der Waals surface area contributed by atoms with Gasteiger partial charge in [0, 0.05) is 11.8 Å². The average molecular weight is 272 g/mol. The number of pyridine rings is 1. The number of para-hydroxylation sites is 2. The molecule has 1 aromatic heterocycles. The van der Waals surface area contributed by atoms with Crippen LogP contribution in [0.4, 0.5) is 0 Å². The monoisotopic (exact) mass is 272 g/mol. The Morgan fingerprint density at radius 1 is 1.20 bits per heavy atom. The van der Waals surface area contributed by atoms with Crippen LogP contribution in [0.25, 0.3) is 0 Å². The summed E-state index contributed by atoms with van der Waals surface area (Å²) in [7, 11) is 0. The van der Waals surface area contributed by atoms with Crippen LogP contribution in [0, 0.1) is 6.92 Å². The summed E-state index contributed by atoms with van der Waals surface area (Å²) < 4.78 is 11.4. The van der Waals surface area contributed by atoms with Gasteiger partial charge in [0.15, 0.2) is 11.5 Å². The zero-order valence-corrected chi connectivity index (χ0v) is 11.9. The van der Waals surface area contributed by atoms with Gasteiger partial charge in [-0.15, -0.1) is 0 Å². The van der Waals surface area contributed by atoms with Crippen molar-refractivity contribution in [1.82, 2.24) is 4.98 Å². The lowest BCUT2D eigenvalue weighted by Gasteiger charge is -2.12. The molecule has 4 heteroatoms. The highest BCUT2D eigenvalue weighted by atomic mass is 16.5. The molecule has 0 saturated carbocycles. The molecule has 20 heavy (non-hydrogen) atoms. The van der Waals surface area contributed by atoms with Gasteiger partial charge < -0.3 is 15.2 Å². The van der Waals surface area contributed by atoms with Gasteiger partial charge >= 0.3 is 0 Å². The fraction of sp³-hybridized carbons (Fsp3) is 0.312. The third-order valence-corrected chi connectivity index (χ3v) is 2.88. The molecule has 1 heterocycles. The van der Waals surface area contributed by atoms with Crippen molar-refractivity contribution in [3.63, 3.8) is 0 Å². The summed E-state index contributed by atoms with van der Waals surface area (Å²) in [5.41, 5.74) is 7.66. The topological polar surface area (TPSA) is 57.4 Å². The molecule has 0 radical (unpaired) electrons. The van der Waals surface area contributed by atoms with Crippen LogP contribution in [0.1, 0.15) is 18.1 Å². The first-order valence-corrected chi connectivity index (χ1v) is 6.80. The van der Waals surface area contributed by atoms with Gasteiger partial charge in [-0.25, -0.2) is 4.98 Å². The SMILES string of the molecule is CCOc1ccccc1Oc1ncc(CCN)cc1C. The second-order valence-corrected chi connectivity index (χ2v) is 4.49. The summed E-state index contributed by atoms with van der Waals surface area (Å²) in [5.74, 6) is 2.00. The van der Waals surface area contributed by atoms with Crippen molar-refractivity contribution in [1.29, 1.82) is 0 Å². The summed E-state index contributed by atoms with van der Waals surface area (Å²) >= 11 is 0. The van der Waals surface area contributed by atoms with Gasteiger partial charge in [0.1, 0.15) is 0 Å². The second kappa shape index (κ2) is 6.91. The zero-order chi connectivity index (χ0) is 14.4. The molecule has 0 amide bonds. The number of rotatable bonds is 6. The van der Waals surface area contributed by atoms with E-state index in [1.54, 1.807) is 6.20 Å². The van der Waals surface area contributed by atoms with E-state index in [0.29, 0.717) is 24.8 Å². The van der Waals surface area contributed by atoms with E-state index in [1.807, 2.05) is 38.1 Å². The van der Waals surface area contributed by atoms with Crippen LogP contribution in [-0.2, 0) is 6.42 Å². The molecule has 2 N–H and O–H groups in total. The number of nitrogens with two attached hydrogens (primary N) is 1. The predicted molar refractivity (Wildman–Crippen MR) is 79.4 cm³/mol. The third-order valence-electron chi connectivity index (χ3n) is 2.88. The molecular weight excluding hydrogens is 252 g/mol. The molecule has 106 valence electrons. The summed E-state index contributed by atoms with van der Waals surface area (Å²) in [6, 6.07) is 9.65. The highest BCUT2D eigenvalue weighted by molar-refractivity contribution is 5.43. The molecule has 0 atom stereocenters. The van der Waals surface area contributed by atoms with E-state index >= 15 is 0 Å². The minimum atomic E-state index is 0.595. The van der Waals surface area contributed by atoms with Gasteiger partial charge in [0.05, 0.1) is 6.61 Å². The minimum absolute atomic E-state index is 0.595. The van der Waals surface area contributed by atoms with Crippen molar-refractivity contribution in [2.75, 3.05) is 13.2 Å². The Balaban J connectivity index is 2.21. The quantitative estimate of drug-likeness (QED) is 0.878. The largest absolute Gasteiger partial charge is 0.490 e. The molecule has 0 saturated heterocycles. The molecule has 1 aromatic carbocycles. The lowest BCUT2D eigenvalue weighted by molar-refractivity contribution is 0.319. The molecule has 4 nitrogen and oxygen atoms in total. The number of hydrogen-bond donors (Lipinski definition) is 1. The average Bonchev–Trinajstić information content (AvgIpc) is 2.44. The Hall–Kier alpha value is -2.07. The first kappa shape index (κ1) is 14.3. The molecule has 0 aliphatic heterocycles. The van der Waals surface area contributed by atoms with Crippen molar-refractivity contribution in [3.8, 4) is 17.4 Å². The molecule has 0 fully saturated rings. The Morgan fingerprint density at radius 2 is 1.95 bits per heavy atom. The fourth-order valence-corrected chi connectivity index (χ4v) is 1.94. The van der Waals surface area contributed by atoms with E-state index in [-0.39, 0.29) is 0 Å². The maximum absolute atomic E-state index is 5.86. The third kappa shape index (κ3) is 3.48.